The molecule has 0 unspecified atom stereocenters. The van der Waals surface area contributed by atoms with Gasteiger partial charge in [-0.25, -0.2) is 4.98 Å². The van der Waals surface area contributed by atoms with Gasteiger partial charge in [-0.05, 0) is 12.8 Å². The van der Waals surface area contributed by atoms with Gasteiger partial charge in [0.15, 0.2) is 0 Å². The second-order valence-electron chi connectivity index (χ2n) is 3.52. The van der Waals surface area contributed by atoms with Gasteiger partial charge in [-0.1, -0.05) is 25.4 Å². The number of amides is 1. The fourth-order valence-corrected chi connectivity index (χ4v) is 1.61. The Morgan fingerprint density at radius 3 is 2.44 bits per heavy atom. The highest BCUT2D eigenvalue weighted by Gasteiger charge is 2.15. The third kappa shape index (κ3) is 3.45. The van der Waals surface area contributed by atoms with Crippen LogP contribution in [0.2, 0.25) is 5.15 Å². The van der Waals surface area contributed by atoms with Gasteiger partial charge in [0.2, 0.25) is 0 Å². The zero-order valence-corrected chi connectivity index (χ0v) is 10.4. The lowest BCUT2D eigenvalue weighted by molar-refractivity contribution is 0.0749. The number of aromatic nitrogens is 2. The minimum absolute atomic E-state index is 0.0984. The van der Waals surface area contributed by atoms with E-state index in [0.29, 0.717) is 5.69 Å². The Kier molecular flexibility index (Phi) is 5.19. The van der Waals surface area contributed by atoms with Crippen LogP contribution >= 0.6 is 11.6 Å². The van der Waals surface area contributed by atoms with Crippen LogP contribution in [0.3, 0.4) is 0 Å². The lowest BCUT2D eigenvalue weighted by Crippen LogP contribution is -2.33. The number of rotatable bonds is 5. The van der Waals surface area contributed by atoms with Crippen LogP contribution in [0.15, 0.2) is 12.4 Å². The van der Waals surface area contributed by atoms with Crippen molar-refractivity contribution in [2.75, 3.05) is 13.1 Å². The molecular weight excluding hydrogens is 226 g/mol. The summed E-state index contributed by atoms with van der Waals surface area (Å²) in [5, 5.41) is 0.249. The highest BCUT2D eigenvalue weighted by Crippen LogP contribution is 2.06. The lowest BCUT2D eigenvalue weighted by Gasteiger charge is -2.20. The smallest absolute Gasteiger partial charge is 0.274 e. The van der Waals surface area contributed by atoms with Gasteiger partial charge in [-0.3, -0.25) is 9.78 Å². The van der Waals surface area contributed by atoms with Crippen molar-refractivity contribution in [1.29, 1.82) is 0 Å². The van der Waals surface area contributed by atoms with E-state index in [9.17, 15) is 4.79 Å². The standard InChI is InChI=1S/C11H16ClN3O/c1-3-5-15(6-4-2)11(16)9-7-13-8-10(12)14-9/h7-8H,3-6H2,1-2H3. The number of carbonyl (C=O) groups excluding carboxylic acids is 1. The van der Waals surface area contributed by atoms with Crippen molar-refractivity contribution in [3.63, 3.8) is 0 Å². The van der Waals surface area contributed by atoms with Crippen molar-refractivity contribution in [1.82, 2.24) is 14.9 Å². The maximum atomic E-state index is 12.0. The van der Waals surface area contributed by atoms with E-state index in [4.69, 9.17) is 11.6 Å². The molecule has 4 nitrogen and oxygen atoms in total. The topological polar surface area (TPSA) is 46.1 Å². The van der Waals surface area contributed by atoms with Gasteiger partial charge < -0.3 is 4.90 Å². The van der Waals surface area contributed by atoms with E-state index >= 15 is 0 Å². The highest BCUT2D eigenvalue weighted by molar-refractivity contribution is 6.29. The van der Waals surface area contributed by atoms with Gasteiger partial charge in [-0.2, -0.15) is 0 Å². The molecule has 0 fully saturated rings. The lowest BCUT2D eigenvalue weighted by atomic mass is 10.3. The fraction of sp³-hybridized carbons (Fsp3) is 0.545. The number of nitrogens with zero attached hydrogens (tertiary/aromatic N) is 3. The molecule has 0 bridgehead atoms. The first kappa shape index (κ1) is 12.9. The third-order valence-electron chi connectivity index (χ3n) is 2.10. The van der Waals surface area contributed by atoms with E-state index in [1.807, 2.05) is 13.8 Å². The summed E-state index contributed by atoms with van der Waals surface area (Å²) < 4.78 is 0. The Hall–Kier alpha value is -1.16. The maximum absolute atomic E-state index is 12.0. The first-order valence-corrected chi connectivity index (χ1v) is 5.83. The highest BCUT2D eigenvalue weighted by atomic mass is 35.5. The Morgan fingerprint density at radius 1 is 1.31 bits per heavy atom. The summed E-state index contributed by atoms with van der Waals surface area (Å²) in [6.45, 7) is 5.56. The summed E-state index contributed by atoms with van der Waals surface area (Å²) in [7, 11) is 0. The summed E-state index contributed by atoms with van der Waals surface area (Å²) in [4.78, 5) is 21.7. The molecule has 0 N–H and O–H groups in total. The molecule has 1 rings (SSSR count). The molecule has 0 aliphatic carbocycles. The molecule has 0 atom stereocenters. The van der Waals surface area contributed by atoms with E-state index in [1.165, 1.54) is 12.4 Å². The van der Waals surface area contributed by atoms with Crippen LogP contribution in [0.5, 0.6) is 0 Å². The van der Waals surface area contributed by atoms with Crippen LogP contribution in [-0.4, -0.2) is 33.9 Å². The average Bonchev–Trinajstić information content (AvgIpc) is 2.28. The molecular formula is C11H16ClN3O. The molecule has 0 aliphatic rings. The van der Waals surface area contributed by atoms with Crippen LogP contribution in [0.4, 0.5) is 0 Å². The molecule has 1 aromatic heterocycles. The second kappa shape index (κ2) is 6.43. The molecule has 0 aliphatic heterocycles. The average molecular weight is 242 g/mol. The van der Waals surface area contributed by atoms with Gasteiger partial charge in [0.05, 0.1) is 12.4 Å². The fourth-order valence-electron chi connectivity index (χ4n) is 1.46. The van der Waals surface area contributed by atoms with Gasteiger partial charge >= 0.3 is 0 Å². The molecule has 88 valence electrons. The monoisotopic (exact) mass is 241 g/mol. The quantitative estimate of drug-likeness (QED) is 0.795. The molecule has 0 saturated heterocycles. The minimum Gasteiger partial charge on any atom is -0.337 e. The van der Waals surface area contributed by atoms with E-state index in [2.05, 4.69) is 9.97 Å². The van der Waals surface area contributed by atoms with Crippen molar-refractivity contribution >= 4 is 17.5 Å². The molecule has 0 radical (unpaired) electrons. The SMILES string of the molecule is CCCN(CCC)C(=O)c1cncc(Cl)n1. The maximum Gasteiger partial charge on any atom is 0.274 e. The molecule has 0 aromatic carbocycles. The third-order valence-corrected chi connectivity index (χ3v) is 2.28. The summed E-state index contributed by atoms with van der Waals surface area (Å²) in [5.41, 5.74) is 0.314. The number of hydrogen-bond acceptors (Lipinski definition) is 3. The van der Waals surface area contributed by atoms with Gasteiger partial charge in [0.25, 0.3) is 5.91 Å². The van der Waals surface area contributed by atoms with Gasteiger partial charge in [0.1, 0.15) is 10.8 Å². The number of hydrogen-bond donors (Lipinski definition) is 0. The largest absolute Gasteiger partial charge is 0.337 e. The summed E-state index contributed by atoms with van der Waals surface area (Å²) in [6, 6.07) is 0. The van der Waals surface area contributed by atoms with Crippen LogP contribution < -0.4 is 0 Å². The van der Waals surface area contributed by atoms with E-state index in [-0.39, 0.29) is 11.1 Å². The molecule has 1 heterocycles. The van der Waals surface area contributed by atoms with Crippen LogP contribution in [-0.2, 0) is 0 Å². The van der Waals surface area contributed by atoms with Crippen molar-refractivity contribution in [3.8, 4) is 0 Å². The number of halogens is 1. The summed E-state index contributed by atoms with van der Waals surface area (Å²) in [6.07, 6.45) is 4.73. The molecule has 1 amide bonds. The summed E-state index contributed by atoms with van der Waals surface area (Å²) >= 11 is 5.70. The van der Waals surface area contributed by atoms with Crippen LogP contribution in [0.25, 0.3) is 0 Å². The predicted octanol–water partition coefficient (Wildman–Crippen LogP) is 2.39. The summed E-state index contributed by atoms with van der Waals surface area (Å²) in [5.74, 6) is -0.0984. The van der Waals surface area contributed by atoms with Gasteiger partial charge in [0, 0.05) is 13.1 Å². The van der Waals surface area contributed by atoms with E-state index in [1.54, 1.807) is 4.90 Å². The van der Waals surface area contributed by atoms with E-state index in [0.717, 1.165) is 25.9 Å². The molecule has 1 aromatic rings. The Morgan fingerprint density at radius 2 is 1.94 bits per heavy atom. The first-order chi connectivity index (χ1) is 7.69. The van der Waals surface area contributed by atoms with Crippen LogP contribution in [0, 0.1) is 0 Å². The second-order valence-corrected chi connectivity index (χ2v) is 3.91. The normalized spacial score (nSPS) is 10.2. The molecule has 0 spiro atoms. The van der Waals surface area contributed by atoms with E-state index < -0.39 is 0 Å². The molecule has 0 saturated carbocycles. The zero-order valence-electron chi connectivity index (χ0n) is 9.61. The number of carbonyl (C=O) groups is 1. The van der Waals surface area contributed by atoms with Crippen molar-refractivity contribution < 1.29 is 4.79 Å². The van der Waals surface area contributed by atoms with Crippen molar-refractivity contribution in [2.45, 2.75) is 26.7 Å². The molecule has 5 heteroatoms. The minimum atomic E-state index is -0.0984. The molecule has 16 heavy (non-hydrogen) atoms. The van der Waals surface area contributed by atoms with Crippen LogP contribution in [0.1, 0.15) is 37.2 Å². The zero-order chi connectivity index (χ0) is 12.0. The van der Waals surface area contributed by atoms with Gasteiger partial charge in [-0.15, -0.1) is 0 Å². The Labute approximate surface area is 101 Å². The Bertz CT molecular complexity index is 351. The first-order valence-electron chi connectivity index (χ1n) is 5.45. The van der Waals surface area contributed by atoms with Crippen molar-refractivity contribution in [3.05, 3.63) is 23.2 Å². The Balaban J connectivity index is 2.81. The van der Waals surface area contributed by atoms with Crippen molar-refractivity contribution in [2.24, 2.45) is 0 Å². The predicted molar refractivity (Wildman–Crippen MR) is 63.5 cm³/mol.